The summed E-state index contributed by atoms with van der Waals surface area (Å²) in [7, 11) is 0. The van der Waals surface area contributed by atoms with Crippen molar-refractivity contribution in [3.63, 3.8) is 0 Å². The van der Waals surface area contributed by atoms with Gasteiger partial charge in [0.05, 0.1) is 0 Å². The smallest absolute Gasteiger partial charge is 0.316 e. The van der Waals surface area contributed by atoms with E-state index in [0.717, 1.165) is 25.8 Å². The monoisotopic (exact) mass is 291 g/mol. The fourth-order valence-electron chi connectivity index (χ4n) is 2.69. The largest absolute Gasteiger partial charge is 0.396 e. The Kier molecular flexibility index (Phi) is 5.16. The van der Waals surface area contributed by atoms with Gasteiger partial charge in [-0.1, -0.05) is 0 Å². The fraction of sp³-hybridized carbons (Fsp3) is 0.467. The second kappa shape index (κ2) is 7.08. The van der Waals surface area contributed by atoms with E-state index in [1.54, 1.807) is 24.3 Å². The van der Waals surface area contributed by atoms with Gasteiger partial charge in [-0.05, 0) is 49.4 Å². The molecule has 2 rings (SSSR count). The molecule has 0 saturated carbocycles. The molecule has 0 aromatic heterocycles. The van der Waals surface area contributed by atoms with Gasteiger partial charge in [0.15, 0.2) is 0 Å². The molecule has 1 fully saturated rings. The first kappa shape index (κ1) is 15.3. The van der Waals surface area contributed by atoms with Crippen molar-refractivity contribution in [1.29, 1.82) is 0 Å². The van der Waals surface area contributed by atoms with Crippen molar-refractivity contribution < 1.29 is 14.7 Å². The Hall–Kier alpha value is -2.08. The number of amides is 3. The number of rotatable bonds is 4. The number of urea groups is 1. The number of anilines is 1. The lowest BCUT2D eigenvalue weighted by molar-refractivity contribution is 0.0653. The van der Waals surface area contributed by atoms with Crippen molar-refractivity contribution in [2.24, 2.45) is 11.7 Å². The van der Waals surface area contributed by atoms with Gasteiger partial charge >= 0.3 is 6.03 Å². The molecule has 0 aliphatic carbocycles. The first-order valence-electron chi connectivity index (χ1n) is 7.17. The van der Waals surface area contributed by atoms with E-state index in [2.05, 4.69) is 5.32 Å². The van der Waals surface area contributed by atoms with E-state index in [0.29, 0.717) is 23.7 Å². The van der Waals surface area contributed by atoms with Crippen molar-refractivity contribution in [1.82, 2.24) is 4.90 Å². The summed E-state index contributed by atoms with van der Waals surface area (Å²) in [5, 5.41) is 11.5. The fourth-order valence-corrected chi connectivity index (χ4v) is 2.69. The van der Waals surface area contributed by atoms with Gasteiger partial charge in [0.2, 0.25) is 0 Å². The van der Waals surface area contributed by atoms with Gasteiger partial charge in [-0.2, -0.15) is 0 Å². The normalized spacial score (nSPS) is 18.3. The van der Waals surface area contributed by atoms with Crippen LogP contribution in [0.3, 0.4) is 0 Å². The van der Waals surface area contributed by atoms with Crippen molar-refractivity contribution >= 4 is 17.6 Å². The average Bonchev–Trinajstić information content (AvgIpc) is 2.47. The highest BCUT2D eigenvalue weighted by Crippen LogP contribution is 2.21. The number of benzene rings is 1. The highest BCUT2D eigenvalue weighted by molar-refractivity contribution is 5.95. The molecule has 6 heteroatoms. The number of nitrogens with one attached hydrogen (secondary N) is 1. The van der Waals surface area contributed by atoms with Crippen LogP contribution in [0, 0.1) is 5.92 Å². The molecule has 21 heavy (non-hydrogen) atoms. The number of likely N-dealkylation sites (tertiary alicyclic amines) is 1. The van der Waals surface area contributed by atoms with E-state index in [1.165, 1.54) is 0 Å². The van der Waals surface area contributed by atoms with Crippen LogP contribution in [0.2, 0.25) is 0 Å². The van der Waals surface area contributed by atoms with E-state index in [4.69, 9.17) is 10.8 Å². The highest BCUT2D eigenvalue weighted by Gasteiger charge is 2.24. The number of aliphatic hydroxyl groups excluding tert-OH is 1. The van der Waals surface area contributed by atoms with E-state index < -0.39 is 6.03 Å². The number of nitrogens with zero attached hydrogens (tertiary/aromatic N) is 1. The summed E-state index contributed by atoms with van der Waals surface area (Å²) in [5.41, 5.74) is 6.20. The van der Waals surface area contributed by atoms with Crippen molar-refractivity contribution in [3.8, 4) is 0 Å². The molecule has 1 aromatic rings. The van der Waals surface area contributed by atoms with Crippen LogP contribution < -0.4 is 11.1 Å². The predicted octanol–water partition coefficient (Wildman–Crippen LogP) is 1.41. The number of piperidine rings is 1. The Morgan fingerprint density at radius 2 is 2.05 bits per heavy atom. The van der Waals surface area contributed by atoms with E-state index in [-0.39, 0.29) is 12.5 Å². The van der Waals surface area contributed by atoms with Gasteiger partial charge in [0.1, 0.15) is 0 Å². The zero-order valence-corrected chi connectivity index (χ0v) is 11.9. The van der Waals surface area contributed by atoms with Crippen LogP contribution in [0.15, 0.2) is 24.3 Å². The molecule has 1 heterocycles. The van der Waals surface area contributed by atoms with Gasteiger partial charge < -0.3 is 21.1 Å². The molecule has 114 valence electrons. The maximum Gasteiger partial charge on any atom is 0.316 e. The Labute approximate surface area is 123 Å². The number of aliphatic hydroxyl groups is 1. The maximum absolute atomic E-state index is 12.4. The topological polar surface area (TPSA) is 95.7 Å². The minimum absolute atomic E-state index is 0.0109. The van der Waals surface area contributed by atoms with Gasteiger partial charge in [-0.15, -0.1) is 0 Å². The summed E-state index contributed by atoms with van der Waals surface area (Å²) >= 11 is 0. The number of carbonyl (C=O) groups is 2. The lowest BCUT2D eigenvalue weighted by Crippen LogP contribution is -2.40. The highest BCUT2D eigenvalue weighted by atomic mass is 16.3. The standard InChI is InChI=1S/C15H21N3O3/c16-15(21)17-13-5-3-12(4-6-13)14(20)18-8-1-2-11(10-18)7-9-19/h3-6,11,19H,1-2,7-10H2,(H3,16,17,21). The first-order chi connectivity index (χ1) is 10.1. The molecule has 0 radical (unpaired) electrons. The van der Waals surface area contributed by atoms with Crippen LogP contribution in [0.4, 0.5) is 10.5 Å². The molecule has 1 aromatic carbocycles. The van der Waals surface area contributed by atoms with Crippen LogP contribution in [-0.4, -0.2) is 41.6 Å². The summed E-state index contributed by atoms with van der Waals surface area (Å²) in [6.45, 7) is 1.61. The zero-order chi connectivity index (χ0) is 15.2. The Morgan fingerprint density at radius 3 is 2.67 bits per heavy atom. The summed E-state index contributed by atoms with van der Waals surface area (Å²) in [5.74, 6) is 0.367. The van der Waals surface area contributed by atoms with Crippen LogP contribution in [0.25, 0.3) is 0 Å². The number of carbonyl (C=O) groups excluding carboxylic acids is 2. The molecule has 0 spiro atoms. The lowest BCUT2D eigenvalue weighted by Gasteiger charge is -2.32. The third-order valence-electron chi connectivity index (χ3n) is 3.74. The molecule has 1 aliphatic rings. The van der Waals surface area contributed by atoms with Gasteiger partial charge in [-0.25, -0.2) is 4.79 Å². The summed E-state index contributed by atoms with van der Waals surface area (Å²) in [6, 6.07) is 6.06. The minimum Gasteiger partial charge on any atom is -0.396 e. The van der Waals surface area contributed by atoms with Gasteiger partial charge in [0.25, 0.3) is 5.91 Å². The lowest BCUT2D eigenvalue weighted by atomic mass is 9.94. The van der Waals surface area contributed by atoms with Crippen LogP contribution in [0.5, 0.6) is 0 Å². The van der Waals surface area contributed by atoms with E-state index in [9.17, 15) is 9.59 Å². The number of primary amides is 1. The van der Waals surface area contributed by atoms with E-state index in [1.807, 2.05) is 4.90 Å². The van der Waals surface area contributed by atoms with Gasteiger partial charge in [0, 0.05) is 30.9 Å². The Bertz CT molecular complexity index is 499. The summed E-state index contributed by atoms with van der Waals surface area (Å²) in [4.78, 5) is 25.0. The van der Waals surface area contributed by atoms with Crippen LogP contribution in [0.1, 0.15) is 29.6 Å². The summed E-state index contributed by atoms with van der Waals surface area (Å²) < 4.78 is 0. The number of hydrogen-bond acceptors (Lipinski definition) is 3. The molecule has 0 bridgehead atoms. The van der Waals surface area contributed by atoms with Crippen LogP contribution >= 0.6 is 0 Å². The van der Waals surface area contributed by atoms with Crippen molar-refractivity contribution in [2.45, 2.75) is 19.3 Å². The Morgan fingerprint density at radius 1 is 1.33 bits per heavy atom. The van der Waals surface area contributed by atoms with Crippen molar-refractivity contribution in [2.75, 3.05) is 25.0 Å². The molecule has 1 atom stereocenters. The molecule has 6 nitrogen and oxygen atoms in total. The number of nitrogens with two attached hydrogens (primary N) is 1. The maximum atomic E-state index is 12.4. The molecule has 4 N–H and O–H groups in total. The average molecular weight is 291 g/mol. The van der Waals surface area contributed by atoms with E-state index >= 15 is 0 Å². The zero-order valence-electron chi connectivity index (χ0n) is 11.9. The van der Waals surface area contributed by atoms with Crippen molar-refractivity contribution in [3.05, 3.63) is 29.8 Å². The third kappa shape index (κ3) is 4.19. The quantitative estimate of drug-likeness (QED) is 0.782. The van der Waals surface area contributed by atoms with Gasteiger partial charge in [-0.3, -0.25) is 4.79 Å². The molecule has 1 aliphatic heterocycles. The second-order valence-electron chi connectivity index (χ2n) is 5.34. The first-order valence-corrected chi connectivity index (χ1v) is 7.17. The summed E-state index contributed by atoms with van der Waals surface area (Å²) in [6.07, 6.45) is 2.77. The predicted molar refractivity (Wildman–Crippen MR) is 80.0 cm³/mol. The second-order valence-corrected chi connectivity index (χ2v) is 5.34. The minimum atomic E-state index is -0.628. The Balaban J connectivity index is 2.00. The third-order valence-corrected chi connectivity index (χ3v) is 3.74. The molecule has 1 saturated heterocycles. The SMILES string of the molecule is NC(=O)Nc1ccc(C(=O)N2CCCC(CCO)C2)cc1. The molecular weight excluding hydrogens is 270 g/mol. The molecule has 3 amide bonds. The molecule has 1 unspecified atom stereocenters. The molecular formula is C15H21N3O3. The van der Waals surface area contributed by atoms with Crippen LogP contribution in [-0.2, 0) is 0 Å². The number of hydrogen-bond donors (Lipinski definition) is 3.